The molecule has 1 aromatic rings. The van der Waals surface area contributed by atoms with Crippen LogP contribution in [-0.4, -0.2) is 11.7 Å². The van der Waals surface area contributed by atoms with Crippen LogP contribution in [0.2, 0.25) is 0 Å². The fraction of sp³-hybridized carbons (Fsp3) is 0.500. The Balaban J connectivity index is 2.79. The van der Waals surface area contributed by atoms with E-state index in [0.29, 0.717) is 0 Å². The topological polar surface area (TPSA) is 29.5 Å². The Morgan fingerprint density at radius 1 is 1.43 bits per heavy atom. The van der Waals surface area contributed by atoms with Gasteiger partial charge in [0.15, 0.2) is 0 Å². The molecule has 0 aliphatic carbocycles. The summed E-state index contributed by atoms with van der Waals surface area (Å²) >= 11 is 0. The third-order valence-corrected chi connectivity index (χ3v) is 2.14. The molecule has 14 heavy (non-hydrogen) atoms. The number of aliphatic hydroxyl groups is 1. The van der Waals surface area contributed by atoms with Crippen LogP contribution in [0, 0.1) is 6.92 Å². The second-order valence-electron chi connectivity index (χ2n) is 3.55. The van der Waals surface area contributed by atoms with E-state index in [1.165, 1.54) is 0 Å². The van der Waals surface area contributed by atoms with E-state index in [9.17, 15) is 5.11 Å². The molecule has 0 spiro atoms. The lowest BCUT2D eigenvalue weighted by atomic mass is 10.1. The molecule has 0 aliphatic rings. The molecular weight excluding hydrogens is 176 g/mol. The van der Waals surface area contributed by atoms with Crippen molar-refractivity contribution in [3.8, 4) is 5.75 Å². The highest BCUT2D eigenvalue weighted by Gasteiger charge is 2.04. The Bertz CT molecular complexity index is 292. The van der Waals surface area contributed by atoms with Gasteiger partial charge in [-0.1, -0.05) is 13.0 Å². The zero-order valence-electron chi connectivity index (χ0n) is 9.08. The molecule has 0 aliphatic heterocycles. The molecule has 0 fully saturated rings. The molecule has 0 saturated heterocycles. The molecule has 0 amide bonds. The summed E-state index contributed by atoms with van der Waals surface area (Å²) in [5, 5.41) is 9.37. The van der Waals surface area contributed by atoms with E-state index in [2.05, 4.69) is 6.92 Å². The van der Waals surface area contributed by atoms with E-state index >= 15 is 0 Å². The zero-order valence-corrected chi connectivity index (χ0v) is 9.08. The van der Waals surface area contributed by atoms with Gasteiger partial charge in [-0.2, -0.15) is 0 Å². The van der Waals surface area contributed by atoms with Crippen LogP contribution >= 0.6 is 0 Å². The van der Waals surface area contributed by atoms with Gasteiger partial charge in [0.25, 0.3) is 0 Å². The van der Waals surface area contributed by atoms with Gasteiger partial charge < -0.3 is 9.84 Å². The Kier molecular flexibility index (Phi) is 3.96. The quantitative estimate of drug-likeness (QED) is 0.798. The normalized spacial score (nSPS) is 12.6. The van der Waals surface area contributed by atoms with Crippen LogP contribution in [0.5, 0.6) is 5.75 Å². The second kappa shape index (κ2) is 5.01. The minimum atomic E-state index is -0.408. The molecule has 0 bridgehead atoms. The smallest absolute Gasteiger partial charge is 0.122 e. The summed E-state index contributed by atoms with van der Waals surface area (Å²) in [6.07, 6.45) is 0.603. The molecule has 78 valence electrons. The van der Waals surface area contributed by atoms with Gasteiger partial charge in [-0.05, 0) is 43.5 Å². The summed E-state index contributed by atoms with van der Waals surface area (Å²) in [6.45, 7) is 6.59. The maximum atomic E-state index is 9.37. The van der Waals surface area contributed by atoms with Crippen molar-refractivity contribution in [2.75, 3.05) is 6.61 Å². The maximum Gasteiger partial charge on any atom is 0.122 e. The highest BCUT2D eigenvalue weighted by molar-refractivity contribution is 5.36. The van der Waals surface area contributed by atoms with E-state index in [1.807, 2.05) is 25.1 Å². The van der Waals surface area contributed by atoms with Crippen molar-refractivity contribution >= 4 is 0 Å². The van der Waals surface area contributed by atoms with Crippen LogP contribution in [0.3, 0.4) is 0 Å². The summed E-state index contributed by atoms with van der Waals surface area (Å²) in [6, 6.07) is 5.80. The van der Waals surface area contributed by atoms with Gasteiger partial charge in [0.2, 0.25) is 0 Å². The summed E-state index contributed by atoms with van der Waals surface area (Å²) < 4.78 is 5.54. The van der Waals surface area contributed by atoms with Gasteiger partial charge >= 0.3 is 0 Å². The van der Waals surface area contributed by atoms with Crippen LogP contribution in [-0.2, 0) is 0 Å². The minimum absolute atomic E-state index is 0.408. The zero-order chi connectivity index (χ0) is 10.6. The first-order valence-electron chi connectivity index (χ1n) is 5.06. The number of rotatable bonds is 4. The number of aryl methyl sites for hydroxylation is 1. The molecule has 1 rings (SSSR count). The van der Waals surface area contributed by atoms with Gasteiger partial charge in [0, 0.05) is 0 Å². The van der Waals surface area contributed by atoms with Gasteiger partial charge in [-0.3, -0.25) is 0 Å². The van der Waals surface area contributed by atoms with Crippen LogP contribution in [0.4, 0.5) is 0 Å². The highest BCUT2D eigenvalue weighted by Crippen LogP contribution is 2.22. The van der Waals surface area contributed by atoms with Crippen molar-refractivity contribution in [2.45, 2.75) is 33.3 Å². The fourth-order valence-corrected chi connectivity index (χ4v) is 1.31. The van der Waals surface area contributed by atoms with Gasteiger partial charge in [-0.25, -0.2) is 0 Å². The molecule has 1 N–H and O–H groups in total. The van der Waals surface area contributed by atoms with Crippen molar-refractivity contribution in [1.29, 1.82) is 0 Å². The molecule has 2 heteroatoms. The van der Waals surface area contributed by atoms with Crippen molar-refractivity contribution < 1.29 is 9.84 Å². The molecule has 1 atom stereocenters. The van der Waals surface area contributed by atoms with E-state index in [1.54, 1.807) is 6.92 Å². The molecule has 0 unspecified atom stereocenters. The van der Waals surface area contributed by atoms with Crippen LogP contribution < -0.4 is 4.74 Å². The Hall–Kier alpha value is -1.02. The van der Waals surface area contributed by atoms with Crippen LogP contribution in [0.15, 0.2) is 18.2 Å². The van der Waals surface area contributed by atoms with Gasteiger partial charge in [0.05, 0.1) is 12.7 Å². The first-order valence-corrected chi connectivity index (χ1v) is 5.06. The molecule has 2 nitrogen and oxygen atoms in total. The number of hydrogen-bond acceptors (Lipinski definition) is 2. The molecule has 1 aromatic carbocycles. The Labute approximate surface area is 85.5 Å². The monoisotopic (exact) mass is 194 g/mol. The van der Waals surface area contributed by atoms with E-state index in [-0.39, 0.29) is 0 Å². The van der Waals surface area contributed by atoms with Crippen LogP contribution in [0.25, 0.3) is 0 Å². The number of hydrogen-bond donors (Lipinski definition) is 1. The van der Waals surface area contributed by atoms with Crippen molar-refractivity contribution in [1.82, 2.24) is 0 Å². The second-order valence-corrected chi connectivity index (χ2v) is 3.55. The third-order valence-electron chi connectivity index (χ3n) is 2.14. The molecular formula is C12H18O2. The lowest BCUT2D eigenvalue weighted by Crippen LogP contribution is -1.98. The number of benzene rings is 1. The standard InChI is InChI=1S/C12H18O2/c1-4-7-14-12-6-5-11(10(3)13)8-9(12)2/h5-6,8,10,13H,4,7H2,1-3H3/t10-/m0/s1. The fourth-order valence-electron chi connectivity index (χ4n) is 1.31. The van der Waals surface area contributed by atoms with Crippen molar-refractivity contribution in [3.05, 3.63) is 29.3 Å². The Morgan fingerprint density at radius 3 is 2.64 bits per heavy atom. The lowest BCUT2D eigenvalue weighted by molar-refractivity contribution is 0.199. The first-order chi connectivity index (χ1) is 6.65. The average Bonchev–Trinajstić information content (AvgIpc) is 2.15. The number of aliphatic hydroxyl groups excluding tert-OH is 1. The highest BCUT2D eigenvalue weighted by atomic mass is 16.5. The van der Waals surface area contributed by atoms with E-state index in [0.717, 1.165) is 29.9 Å². The first kappa shape index (κ1) is 11.1. The SMILES string of the molecule is CCCOc1ccc([C@H](C)O)cc1C. The largest absolute Gasteiger partial charge is 0.493 e. The predicted octanol–water partition coefficient (Wildman–Crippen LogP) is 2.84. The predicted molar refractivity (Wildman–Crippen MR) is 57.6 cm³/mol. The minimum Gasteiger partial charge on any atom is -0.493 e. The Morgan fingerprint density at radius 2 is 2.14 bits per heavy atom. The van der Waals surface area contributed by atoms with E-state index < -0.39 is 6.10 Å². The van der Waals surface area contributed by atoms with Crippen molar-refractivity contribution in [2.24, 2.45) is 0 Å². The maximum absolute atomic E-state index is 9.37. The molecule has 0 radical (unpaired) electrons. The average molecular weight is 194 g/mol. The van der Waals surface area contributed by atoms with Gasteiger partial charge in [0.1, 0.15) is 5.75 Å². The summed E-state index contributed by atoms with van der Waals surface area (Å²) in [5.41, 5.74) is 2.02. The molecule has 0 saturated carbocycles. The summed E-state index contributed by atoms with van der Waals surface area (Å²) in [4.78, 5) is 0. The third kappa shape index (κ3) is 2.74. The van der Waals surface area contributed by atoms with Gasteiger partial charge in [-0.15, -0.1) is 0 Å². The molecule has 0 heterocycles. The van der Waals surface area contributed by atoms with Crippen LogP contribution in [0.1, 0.15) is 37.5 Å². The lowest BCUT2D eigenvalue weighted by Gasteiger charge is -2.11. The van der Waals surface area contributed by atoms with E-state index in [4.69, 9.17) is 4.74 Å². The summed E-state index contributed by atoms with van der Waals surface area (Å²) in [7, 11) is 0. The summed E-state index contributed by atoms with van der Waals surface area (Å²) in [5.74, 6) is 0.913. The number of ether oxygens (including phenoxy) is 1. The van der Waals surface area contributed by atoms with Crippen molar-refractivity contribution in [3.63, 3.8) is 0 Å². The molecule has 0 aromatic heterocycles.